The summed E-state index contributed by atoms with van der Waals surface area (Å²) >= 11 is 0. The molecule has 2 aromatic rings. The van der Waals surface area contributed by atoms with Crippen LogP contribution in [0.2, 0.25) is 0 Å². The van der Waals surface area contributed by atoms with Gasteiger partial charge in [0.2, 0.25) is 0 Å². The zero-order chi connectivity index (χ0) is 15.6. The molecule has 7 heteroatoms. The van der Waals surface area contributed by atoms with E-state index in [9.17, 15) is 0 Å². The van der Waals surface area contributed by atoms with Gasteiger partial charge in [-0.2, -0.15) is 10.2 Å². The molecule has 0 spiro atoms. The number of likely N-dealkylation sites (N-methyl/N-ethyl adjacent to an activating group) is 1. The molecule has 0 aliphatic heterocycles. The zero-order valence-electron chi connectivity index (χ0n) is 13.4. The summed E-state index contributed by atoms with van der Waals surface area (Å²) in [5.41, 5.74) is 9.37. The van der Waals surface area contributed by atoms with Gasteiger partial charge >= 0.3 is 0 Å². The Balaban J connectivity index is 2.36. The summed E-state index contributed by atoms with van der Waals surface area (Å²) in [7, 11) is 7.61. The molecule has 1 unspecified atom stereocenters. The number of hydrogen-bond acceptors (Lipinski definition) is 5. The third kappa shape index (κ3) is 3.08. The first kappa shape index (κ1) is 15.5. The molecule has 7 nitrogen and oxygen atoms in total. The number of aryl methyl sites for hydroxylation is 1. The van der Waals surface area contributed by atoms with Gasteiger partial charge < -0.3 is 15.4 Å². The summed E-state index contributed by atoms with van der Waals surface area (Å²) < 4.78 is 9.15. The van der Waals surface area contributed by atoms with Crippen LogP contribution in [0.15, 0.2) is 12.4 Å². The number of aromatic nitrogens is 4. The highest BCUT2D eigenvalue weighted by molar-refractivity contribution is 5.36. The SMILES string of the molecule is COc1cnn(CCN(C)C)c1C(N)c1cnn(C)c1C. The smallest absolute Gasteiger partial charge is 0.161 e. The van der Waals surface area contributed by atoms with Crippen LogP contribution in [-0.2, 0) is 13.6 Å². The van der Waals surface area contributed by atoms with Gasteiger partial charge in [-0.3, -0.25) is 9.36 Å². The van der Waals surface area contributed by atoms with E-state index in [2.05, 4.69) is 15.1 Å². The van der Waals surface area contributed by atoms with Crippen molar-refractivity contribution in [2.24, 2.45) is 12.8 Å². The van der Waals surface area contributed by atoms with Crippen molar-refractivity contribution in [1.82, 2.24) is 24.5 Å². The maximum absolute atomic E-state index is 6.45. The molecular formula is C14H24N6O. The van der Waals surface area contributed by atoms with Crippen molar-refractivity contribution in [3.8, 4) is 5.75 Å². The maximum atomic E-state index is 6.45. The molecular weight excluding hydrogens is 268 g/mol. The topological polar surface area (TPSA) is 74.1 Å². The quantitative estimate of drug-likeness (QED) is 0.841. The summed E-state index contributed by atoms with van der Waals surface area (Å²) in [5.74, 6) is 0.713. The Morgan fingerprint density at radius 3 is 2.57 bits per heavy atom. The van der Waals surface area contributed by atoms with Crippen molar-refractivity contribution in [2.75, 3.05) is 27.7 Å². The molecule has 0 saturated heterocycles. The minimum absolute atomic E-state index is 0.307. The van der Waals surface area contributed by atoms with Crippen LogP contribution in [-0.4, -0.2) is 52.2 Å². The predicted molar refractivity (Wildman–Crippen MR) is 81.3 cm³/mol. The average molecular weight is 292 g/mol. The van der Waals surface area contributed by atoms with Gasteiger partial charge in [0.1, 0.15) is 5.69 Å². The van der Waals surface area contributed by atoms with Gasteiger partial charge in [-0.25, -0.2) is 0 Å². The van der Waals surface area contributed by atoms with E-state index >= 15 is 0 Å². The molecule has 0 aliphatic carbocycles. The minimum Gasteiger partial charge on any atom is -0.493 e. The number of nitrogens with zero attached hydrogens (tertiary/aromatic N) is 5. The molecule has 0 radical (unpaired) electrons. The lowest BCUT2D eigenvalue weighted by Crippen LogP contribution is -2.24. The van der Waals surface area contributed by atoms with Crippen molar-refractivity contribution in [2.45, 2.75) is 19.5 Å². The van der Waals surface area contributed by atoms with E-state index in [1.54, 1.807) is 13.3 Å². The molecule has 0 bridgehead atoms. The number of ether oxygens (including phenoxy) is 1. The molecule has 21 heavy (non-hydrogen) atoms. The van der Waals surface area contributed by atoms with E-state index in [0.29, 0.717) is 5.75 Å². The fourth-order valence-corrected chi connectivity index (χ4v) is 2.29. The van der Waals surface area contributed by atoms with Crippen LogP contribution in [0, 0.1) is 6.92 Å². The lowest BCUT2D eigenvalue weighted by Gasteiger charge is -2.17. The van der Waals surface area contributed by atoms with Crippen LogP contribution in [0.3, 0.4) is 0 Å². The van der Waals surface area contributed by atoms with Crippen molar-refractivity contribution < 1.29 is 4.74 Å². The van der Waals surface area contributed by atoms with Gasteiger partial charge in [-0.05, 0) is 21.0 Å². The predicted octanol–water partition coefficient (Wildman–Crippen LogP) is 0.543. The molecule has 116 valence electrons. The van der Waals surface area contributed by atoms with E-state index in [4.69, 9.17) is 10.5 Å². The Morgan fingerprint density at radius 2 is 2.05 bits per heavy atom. The van der Waals surface area contributed by atoms with Gasteiger partial charge in [-0.1, -0.05) is 0 Å². The molecule has 0 aromatic carbocycles. The average Bonchev–Trinajstić information content (AvgIpc) is 3.00. The largest absolute Gasteiger partial charge is 0.493 e. The molecule has 0 amide bonds. The molecule has 2 aromatic heterocycles. The number of methoxy groups -OCH3 is 1. The van der Waals surface area contributed by atoms with Crippen LogP contribution in [0.1, 0.15) is 23.0 Å². The Morgan fingerprint density at radius 1 is 1.33 bits per heavy atom. The Hall–Kier alpha value is -1.86. The van der Waals surface area contributed by atoms with Crippen molar-refractivity contribution in [3.63, 3.8) is 0 Å². The second kappa shape index (κ2) is 6.28. The Kier molecular flexibility index (Phi) is 4.64. The van der Waals surface area contributed by atoms with Gasteiger partial charge in [0.25, 0.3) is 0 Å². The van der Waals surface area contributed by atoms with Crippen LogP contribution in [0.4, 0.5) is 0 Å². The van der Waals surface area contributed by atoms with E-state index in [-0.39, 0.29) is 6.04 Å². The maximum Gasteiger partial charge on any atom is 0.161 e. The first-order valence-corrected chi connectivity index (χ1v) is 6.94. The number of hydrogen-bond donors (Lipinski definition) is 1. The molecule has 0 fully saturated rings. The second-order valence-corrected chi connectivity index (χ2v) is 5.41. The fraction of sp³-hybridized carbons (Fsp3) is 0.571. The highest BCUT2D eigenvalue weighted by atomic mass is 16.5. The van der Waals surface area contributed by atoms with Crippen molar-refractivity contribution >= 4 is 0 Å². The highest BCUT2D eigenvalue weighted by Crippen LogP contribution is 2.29. The normalized spacial score (nSPS) is 12.9. The van der Waals surface area contributed by atoms with Crippen LogP contribution >= 0.6 is 0 Å². The molecule has 1 atom stereocenters. The monoisotopic (exact) mass is 292 g/mol. The molecule has 2 N–H and O–H groups in total. The molecule has 2 rings (SSSR count). The van der Waals surface area contributed by atoms with Crippen molar-refractivity contribution in [1.29, 1.82) is 0 Å². The number of rotatable bonds is 6. The van der Waals surface area contributed by atoms with E-state index in [0.717, 1.165) is 30.0 Å². The lowest BCUT2D eigenvalue weighted by molar-refractivity contribution is 0.363. The van der Waals surface area contributed by atoms with E-state index in [1.807, 2.05) is 43.6 Å². The molecule has 2 heterocycles. The van der Waals surface area contributed by atoms with Gasteiger partial charge in [0.15, 0.2) is 5.75 Å². The minimum atomic E-state index is -0.307. The third-order valence-electron chi connectivity index (χ3n) is 3.73. The molecule has 0 aliphatic rings. The summed E-state index contributed by atoms with van der Waals surface area (Å²) in [5, 5.41) is 8.66. The third-order valence-corrected chi connectivity index (χ3v) is 3.73. The molecule has 0 saturated carbocycles. The van der Waals surface area contributed by atoms with Gasteiger partial charge in [0, 0.05) is 24.8 Å². The fourth-order valence-electron chi connectivity index (χ4n) is 2.29. The Bertz CT molecular complexity index is 601. The first-order chi connectivity index (χ1) is 9.95. The van der Waals surface area contributed by atoms with Crippen molar-refractivity contribution in [3.05, 3.63) is 29.3 Å². The highest BCUT2D eigenvalue weighted by Gasteiger charge is 2.23. The summed E-state index contributed by atoms with van der Waals surface area (Å²) in [6.45, 7) is 3.66. The number of nitrogens with two attached hydrogens (primary N) is 1. The van der Waals surface area contributed by atoms with Gasteiger partial charge in [0.05, 0.1) is 32.1 Å². The van der Waals surface area contributed by atoms with Crippen LogP contribution < -0.4 is 10.5 Å². The first-order valence-electron chi connectivity index (χ1n) is 6.94. The Labute approximate surface area is 125 Å². The van der Waals surface area contributed by atoms with E-state index in [1.165, 1.54) is 0 Å². The van der Waals surface area contributed by atoms with Crippen LogP contribution in [0.25, 0.3) is 0 Å². The van der Waals surface area contributed by atoms with E-state index < -0.39 is 0 Å². The standard InChI is InChI=1S/C14H24N6O/c1-10-11(8-16-19(10)4)13(15)14-12(21-5)9-17-20(14)7-6-18(2)3/h8-9,13H,6-7,15H2,1-5H3. The second-order valence-electron chi connectivity index (χ2n) is 5.41. The zero-order valence-corrected chi connectivity index (χ0v) is 13.4. The van der Waals surface area contributed by atoms with Gasteiger partial charge in [-0.15, -0.1) is 0 Å². The van der Waals surface area contributed by atoms with Crippen LogP contribution in [0.5, 0.6) is 5.75 Å². The summed E-state index contributed by atoms with van der Waals surface area (Å²) in [4.78, 5) is 2.11. The summed E-state index contributed by atoms with van der Waals surface area (Å²) in [6, 6.07) is -0.307. The lowest BCUT2D eigenvalue weighted by atomic mass is 10.1. The summed E-state index contributed by atoms with van der Waals surface area (Å²) in [6.07, 6.45) is 3.53.